The first kappa shape index (κ1) is 15.5. The highest BCUT2D eigenvalue weighted by molar-refractivity contribution is 5.77. The summed E-state index contributed by atoms with van der Waals surface area (Å²) >= 11 is 0. The third kappa shape index (κ3) is 4.24. The second-order valence-corrected chi connectivity index (χ2v) is 4.94. The molecule has 4 heteroatoms. The first-order valence-corrected chi connectivity index (χ1v) is 6.62. The molecule has 1 amide bonds. The second-order valence-electron chi connectivity index (χ2n) is 4.94. The van der Waals surface area contributed by atoms with E-state index in [1.54, 1.807) is 11.9 Å². The quantitative estimate of drug-likeness (QED) is 0.856. The van der Waals surface area contributed by atoms with Crippen LogP contribution in [-0.2, 0) is 4.79 Å². The lowest BCUT2D eigenvalue weighted by Crippen LogP contribution is -2.36. The summed E-state index contributed by atoms with van der Waals surface area (Å²) in [6, 6.07) is 8.16. The van der Waals surface area contributed by atoms with Crippen molar-refractivity contribution in [2.45, 2.75) is 32.9 Å². The Labute approximate surface area is 115 Å². The van der Waals surface area contributed by atoms with Crippen molar-refractivity contribution in [3.63, 3.8) is 0 Å². The van der Waals surface area contributed by atoms with Gasteiger partial charge >= 0.3 is 0 Å². The molecule has 0 saturated carbocycles. The summed E-state index contributed by atoms with van der Waals surface area (Å²) in [6.07, 6.45) is 0. The van der Waals surface area contributed by atoms with Crippen LogP contribution in [0.3, 0.4) is 0 Å². The molecular formula is C15H24N2O2. The summed E-state index contributed by atoms with van der Waals surface area (Å²) in [6.45, 7) is 6.09. The van der Waals surface area contributed by atoms with Gasteiger partial charge in [0.05, 0.1) is 0 Å². The van der Waals surface area contributed by atoms with Gasteiger partial charge in [0.1, 0.15) is 5.75 Å². The largest absolute Gasteiger partial charge is 0.483 e. The molecule has 0 aliphatic rings. The van der Waals surface area contributed by atoms with Crippen LogP contribution in [0, 0.1) is 0 Å². The number of carbonyl (C=O) groups excluding carboxylic acids is 1. The molecule has 19 heavy (non-hydrogen) atoms. The van der Waals surface area contributed by atoms with Gasteiger partial charge in [-0.25, -0.2) is 0 Å². The minimum Gasteiger partial charge on any atom is -0.483 e. The van der Waals surface area contributed by atoms with E-state index in [4.69, 9.17) is 4.74 Å². The monoisotopic (exact) mass is 264 g/mol. The zero-order chi connectivity index (χ0) is 14.4. The van der Waals surface area contributed by atoms with E-state index in [0.717, 1.165) is 11.3 Å². The molecule has 1 atom stereocenters. The lowest BCUT2D eigenvalue weighted by molar-refractivity contribution is -0.133. The van der Waals surface area contributed by atoms with Crippen molar-refractivity contribution in [2.24, 2.45) is 0 Å². The molecule has 0 aromatic heterocycles. The van der Waals surface area contributed by atoms with Crippen LogP contribution in [0.1, 0.15) is 32.4 Å². The van der Waals surface area contributed by atoms with Gasteiger partial charge in [-0.1, -0.05) is 18.2 Å². The number of rotatable bonds is 6. The van der Waals surface area contributed by atoms with Crippen LogP contribution in [0.4, 0.5) is 0 Å². The minimum atomic E-state index is -0.0121. The third-order valence-corrected chi connectivity index (χ3v) is 3.34. The summed E-state index contributed by atoms with van der Waals surface area (Å²) in [7, 11) is 3.69. The highest BCUT2D eigenvalue weighted by atomic mass is 16.5. The van der Waals surface area contributed by atoms with Gasteiger partial charge < -0.3 is 15.0 Å². The fraction of sp³-hybridized carbons (Fsp3) is 0.533. The Balaban J connectivity index is 2.70. The number of hydrogen-bond donors (Lipinski definition) is 1. The van der Waals surface area contributed by atoms with Crippen LogP contribution in [0.5, 0.6) is 5.75 Å². The predicted octanol–water partition coefficient (Wildman–Crippen LogP) is 2.21. The third-order valence-electron chi connectivity index (χ3n) is 3.34. The van der Waals surface area contributed by atoms with Gasteiger partial charge in [0, 0.05) is 24.7 Å². The maximum Gasteiger partial charge on any atom is 0.260 e. The van der Waals surface area contributed by atoms with E-state index in [1.165, 1.54) is 0 Å². The minimum absolute atomic E-state index is 0.0121. The molecule has 1 aromatic carbocycles. The van der Waals surface area contributed by atoms with Crippen LogP contribution in [-0.4, -0.2) is 37.6 Å². The van der Waals surface area contributed by atoms with Crippen molar-refractivity contribution in [2.75, 3.05) is 20.7 Å². The number of nitrogens with one attached hydrogen (secondary N) is 1. The smallest absolute Gasteiger partial charge is 0.260 e. The standard InChI is InChI=1S/C15H24N2O2/c1-11(2)17(5)15(18)10-19-14-9-7-6-8-13(14)12(3)16-4/h6-9,11-12,16H,10H2,1-5H3. The summed E-state index contributed by atoms with van der Waals surface area (Å²) in [5.41, 5.74) is 1.06. The first-order valence-electron chi connectivity index (χ1n) is 6.62. The summed E-state index contributed by atoms with van der Waals surface area (Å²) in [5.74, 6) is 0.747. The van der Waals surface area contributed by atoms with Crippen molar-refractivity contribution in [1.29, 1.82) is 0 Å². The van der Waals surface area contributed by atoms with E-state index in [-0.39, 0.29) is 24.6 Å². The normalized spacial score (nSPS) is 12.3. The van der Waals surface area contributed by atoms with Gasteiger partial charge in [0.15, 0.2) is 6.61 Å². The zero-order valence-electron chi connectivity index (χ0n) is 12.4. The number of para-hydroxylation sites is 1. The lowest BCUT2D eigenvalue weighted by atomic mass is 10.1. The van der Waals surface area contributed by atoms with Gasteiger partial charge in [-0.3, -0.25) is 4.79 Å². The average molecular weight is 264 g/mol. The predicted molar refractivity (Wildman–Crippen MR) is 77.3 cm³/mol. The van der Waals surface area contributed by atoms with E-state index >= 15 is 0 Å². The van der Waals surface area contributed by atoms with Crippen molar-refractivity contribution in [3.8, 4) is 5.75 Å². The maximum atomic E-state index is 11.9. The molecule has 0 heterocycles. The summed E-state index contributed by atoms with van der Waals surface area (Å²) in [4.78, 5) is 13.6. The molecule has 0 aliphatic carbocycles. The van der Waals surface area contributed by atoms with E-state index in [2.05, 4.69) is 12.2 Å². The van der Waals surface area contributed by atoms with Gasteiger partial charge in [-0.2, -0.15) is 0 Å². The molecule has 0 fully saturated rings. The molecule has 4 nitrogen and oxygen atoms in total. The number of hydrogen-bond acceptors (Lipinski definition) is 3. The van der Waals surface area contributed by atoms with Crippen molar-refractivity contribution < 1.29 is 9.53 Å². The lowest BCUT2D eigenvalue weighted by Gasteiger charge is -2.22. The Morgan fingerprint density at radius 2 is 1.95 bits per heavy atom. The van der Waals surface area contributed by atoms with Crippen molar-refractivity contribution in [1.82, 2.24) is 10.2 Å². The van der Waals surface area contributed by atoms with Gasteiger partial charge in [0.25, 0.3) is 5.91 Å². The molecule has 1 rings (SSSR count). The molecule has 1 unspecified atom stereocenters. The molecule has 1 N–H and O–H groups in total. The highest BCUT2D eigenvalue weighted by Crippen LogP contribution is 2.24. The van der Waals surface area contributed by atoms with E-state index < -0.39 is 0 Å². The Morgan fingerprint density at radius 1 is 1.32 bits per heavy atom. The van der Waals surface area contributed by atoms with Gasteiger partial charge in [-0.15, -0.1) is 0 Å². The summed E-state index contributed by atoms with van der Waals surface area (Å²) < 4.78 is 5.66. The highest BCUT2D eigenvalue weighted by Gasteiger charge is 2.14. The molecule has 0 spiro atoms. The van der Waals surface area contributed by atoms with Crippen LogP contribution in [0.25, 0.3) is 0 Å². The Hall–Kier alpha value is -1.55. The topological polar surface area (TPSA) is 41.6 Å². The fourth-order valence-corrected chi connectivity index (χ4v) is 1.65. The molecule has 106 valence electrons. The molecule has 0 aliphatic heterocycles. The average Bonchev–Trinajstić information content (AvgIpc) is 2.43. The fourth-order valence-electron chi connectivity index (χ4n) is 1.65. The second kappa shape index (κ2) is 7.14. The van der Waals surface area contributed by atoms with Crippen LogP contribution in [0.15, 0.2) is 24.3 Å². The maximum absolute atomic E-state index is 11.9. The molecule has 1 aromatic rings. The van der Waals surface area contributed by atoms with Gasteiger partial charge in [-0.05, 0) is 33.9 Å². The van der Waals surface area contributed by atoms with Crippen LogP contribution in [0.2, 0.25) is 0 Å². The molecule has 0 radical (unpaired) electrons. The summed E-state index contributed by atoms with van der Waals surface area (Å²) in [5, 5.41) is 3.17. The number of benzene rings is 1. The number of likely N-dealkylation sites (N-methyl/N-ethyl adjacent to an activating group) is 1. The number of ether oxygens (including phenoxy) is 1. The van der Waals surface area contributed by atoms with Crippen LogP contribution < -0.4 is 10.1 Å². The number of carbonyl (C=O) groups is 1. The van der Waals surface area contributed by atoms with E-state index in [1.807, 2.05) is 45.2 Å². The number of amides is 1. The SMILES string of the molecule is CNC(C)c1ccccc1OCC(=O)N(C)C(C)C. The zero-order valence-corrected chi connectivity index (χ0v) is 12.4. The van der Waals surface area contributed by atoms with E-state index in [0.29, 0.717) is 0 Å². The van der Waals surface area contributed by atoms with Gasteiger partial charge in [0.2, 0.25) is 0 Å². The van der Waals surface area contributed by atoms with E-state index in [9.17, 15) is 4.79 Å². The van der Waals surface area contributed by atoms with Crippen molar-refractivity contribution >= 4 is 5.91 Å². The Morgan fingerprint density at radius 3 is 2.53 bits per heavy atom. The molecule has 0 bridgehead atoms. The Kier molecular flexibility index (Phi) is 5.83. The van der Waals surface area contributed by atoms with Crippen molar-refractivity contribution in [3.05, 3.63) is 29.8 Å². The Bertz CT molecular complexity index is 418. The number of nitrogens with zero attached hydrogens (tertiary/aromatic N) is 1. The van der Waals surface area contributed by atoms with Crippen LogP contribution >= 0.6 is 0 Å². The molecule has 0 saturated heterocycles. The molecular weight excluding hydrogens is 240 g/mol. The first-order chi connectivity index (χ1) is 8.97.